The predicted octanol–water partition coefficient (Wildman–Crippen LogP) is 6.69. The van der Waals surface area contributed by atoms with Gasteiger partial charge in [-0.05, 0) is 83.6 Å². The Morgan fingerprint density at radius 1 is 1.00 bits per heavy atom. The molecule has 5 aromatic rings. The lowest BCUT2D eigenvalue weighted by Crippen LogP contribution is -2.20. The molecular formula is C34H31N3O5. The van der Waals surface area contributed by atoms with E-state index < -0.39 is 0 Å². The number of aryl methyl sites for hydroxylation is 1. The van der Waals surface area contributed by atoms with E-state index in [4.69, 9.17) is 23.9 Å². The van der Waals surface area contributed by atoms with Gasteiger partial charge < -0.3 is 18.9 Å². The largest absolute Gasteiger partial charge is 0.496 e. The van der Waals surface area contributed by atoms with Crippen LogP contribution in [0.3, 0.4) is 0 Å². The number of hydrogen-bond donors (Lipinski definition) is 0. The summed E-state index contributed by atoms with van der Waals surface area (Å²) in [7, 11) is 1.67. The van der Waals surface area contributed by atoms with Gasteiger partial charge in [-0.3, -0.25) is 4.79 Å². The Labute approximate surface area is 243 Å². The average molecular weight is 562 g/mol. The minimum absolute atomic E-state index is 0.212. The highest BCUT2D eigenvalue weighted by Gasteiger charge is 2.18. The number of benzene rings is 4. The maximum Gasteiger partial charge on any atom is 0.282 e. The number of nitrogens with zero attached hydrogens (tertiary/aromatic N) is 3. The predicted molar refractivity (Wildman–Crippen MR) is 163 cm³/mol. The van der Waals surface area contributed by atoms with E-state index in [1.807, 2.05) is 79.7 Å². The van der Waals surface area contributed by atoms with Crippen LogP contribution in [0.15, 0.2) is 88.8 Å². The number of para-hydroxylation sites is 1. The molecule has 0 saturated carbocycles. The van der Waals surface area contributed by atoms with Gasteiger partial charge in [-0.2, -0.15) is 9.78 Å². The zero-order chi connectivity index (χ0) is 29.2. The minimum atomic E-state index is -0.247. The smallest absolute Gasteiger partial charge is 0.282 e. The second-order valence-corrected chi connectivity index (χ2v) is 10.4. The molecule has 6 rings (SSSR count). The zero-order valence-corrected chi connectivity index (χ0v) is 24.0. The van der Waals surface area contributed by atoms with Gasteiger partial charge in [-0.1, -0.05) is 44.2 Å². The molecule has 1 aliphatic rings. The van der Waals surface area contributed by atoms with Crippen molar-refractivity contribution >= 4 is 17.1 Å². The van der Waals surface area contributed by atoms with E-state index in [0.29, 0.717) is 29.1 Å². The van der Waals surface area contributed by atoms with Gasteiger partial charge in [0, 0.05) is 5.56 Å². The van der Waals surface area contributed by atoms with Gasteiger partial charge >= 0.3 is 0 Å². The molecular weight excluding hydrogens is 530 g/mol. The van der Waals surface area contributed by atoms with Crippen molar-refractivity contribution in [2.75, 3.05) is 13.9 Å². The van der Waals surface area contributed by atoms with Crippen LogP contribution in [0.2, 0.25) is 0 Å². The second kappa shape index (κ2) is 11.4. The van der Waals surface area contributed by atoms with Crippen LogP contribution >= 0.6 is 0 Å². The summed E-state index contributed by atoms with van der Waals surface area (Å²) in [4.78, 5) is 18.6. The van der Waals surface area contributed by atoms with Crippen molar-refractivity contribution in [3.63, 3.8) is 0 Å². The van der Waals surface area contributed by atoms with Gasteiger partial charge in [0.05, 0.1) is 24.2 Å². The van der Waals surface area contributed by atoms with Crippen LogP contribution < -0.4 is 24.5 Å². The summed E-state index contributed by atoms with van der Waals surface area (Å²) in [6.45, 7) is 6.80. The lowest BCUT2D eigenvalue weighted by molar-refractivity contribution is 0.174. The first-order valence-corrected chi connectivity index (χ1v) is 13.8. The molecule has 0 fully saturated rings. The Morgan fingerprint density at radius 2 is 1.83 bits per heavy atom. The molecule has 0 unspecified atom stereocenters. The van der Waals surface area contributed by atoms with Crippen molar-refractivity contribution in [1.82, 2.24) is 9.66 Å². The van der Waals surface area contributed by atoms with E-state index in [1.165, 1.54) is 4.68 Å². The van der Waals surface area contributed by atoms with E-state index in [-0.39, 0.29) is 18.3 Å². The van der Waals surface area contributed by atoms with Crippen molar-refractivity contribution in [3.05, 3.63) is 111 Å². The third kappa shape index (κ3) is 5.31. The van der Waals surface area contributed by atoms with Crippen LogP contribution in [0.4, 0.5) is 0 Å². The molecule has 0 spiro atoms. The molecule has 212 valence electrons. The van der Waals surface area contributed by atoms with E-state index in [0.717, 1.165) is 45.1 Å². The summed E-state index contributed by atoms with van der Waals surface area (Å²) in [5, 5.41) is 5.15. The number of hydrogen-bond acceptors (Lipinski definition) is 7. The first-order valence-electron chi connectivity index (χ1n) is 13.8. The van der Waals surface area contributed by atoms with Crippen LogP contribution in [0.5, 0.6) is 23.0 Å². The summed E-state index contributed by atoms with van der Waals surface area (Å²) < 4.78 is 23.9. The van der Waals surface area contributed by atoms with Gasteiger partial charge in [0.25, 0.3) is 5.56 Å². The van der Waals surface area contributed by atoms with E-state index in [2.05, 4.69) is 18.9 Å². The Hall–Kier alpha value is -5.11. The van der Waals surface area contributed by atoms with Crippen LogP contribution in [-0.2, 0) is 6.61 Å². The van der Waals surface area contributed by atoms with Gasteiger partial charge in [0.2, 0.25) is 6.79 Å². The number of ether oxygens (including phenoxy) is 4. The molecule has 0 N–H and O–H groups in total. The summed E-state index contributed by atoms with van der Waals surface area (Å²) in [6.07, 6.45) is 1.65. The standard InChI is InChI=1S/C34H31N3O5/c1-21(2)27-17-28(22(3)14-31(27)39-4)33-36-29-11-6-5-10-26(29)34(38)37(33)35-18-23-8-7-9-25(15-23)40-19-24-12-13-30-32(16-24)42-20-41-30/h5-18,21H,19-20H2,1-4H3. The molecule has 0 amide bonds. The molecule has 42 heavy (non-hydrogen) atoms. The molecule has 8 heteroatoms. The zero-order valence-electron chi connectivity index (χ0n) is 24.0. The second-order valence-electron chi connectivity index (χ2n) is 10.4. The average Bonchev–Trinajstić information content (AvgIpc) is 3.47. The summed E-state index contributed by atoms with van der Waals surface area (Å²) in [5.74, 6) is 3.61. The fraction of sp³-hybridized carbons (Fsp3) is 0.206. The van der Waals surface area contributed by atoms with Crippen molar-refractivity contribution in [2.24, 2.45) is 5.10 Å². The normalized spacial score (nSPS) is 12.4. The minimum Gasteiger partial charge on any atom is -0.496 e. The molecule has 0 radical (unpaired) electrons. The molecule has 0 aliphatic carbocycles. The molecule has 4 aromatic carbocycles. The van der Waals surface area contributed by atoms with E-state index in [1.54, 1.807) is 19.4 Å². The lowest BCUT2D eigenvalue weighted by Gasteiger charge is -2.17. The van der Waals surface area contributed by atoms with Crippen LogP contribution in [0.1, 0.15) is 42.0 Å². The molecule has 0 atom stereocenters. The fourth-order valence-corrected chi connectivity index (χ4v) is 4.98. The number of rotatable bonds is 8. The highest BCUT2D eigenvalue weighted by Crippen LogP contribution is 2.34. The summed E-state index contributed by atoms with van der Waals surface area (Å²) >= 11 is 0. The maximum atomic E-state index is 13.7. The third-order valence-electron chi connectivity index (χ3n) is 7.22. The third-order valence-corrected chi connectivity index (χ3v) is 7.22. The Kier molecular flexibility index (Phi) is 7.35. The van der Waals surface area contributed by atoms with E-state index in [9.17, 15) is 4.79 Å². The Morgan fingerprint density at radius 3 is 2.67 bits per heavy atom. The van der Waals surface area contributed by atoms with Gasteiger partial charge in [0.1, 0.15) is 18.1 Å². The summed E-state index contributed by atoms with van der Waals surface area (Å²) in [5.41, 5.74) is 4.89. The first-order chi connectivity index (χ1) is 20.4. The van der Waals surface area contributed by atoms with Gasteiger partial charge in [-0.25, -0.2) is 4.98 Å². The molecule has 1 aliphatic heterocycles. The van der Waals surface area contributed by atoms with Crippen LogP contribution in [-0.4, -0.2) is 29.8 Å². The Bertz CT molecular complexity index is 1880. The highest BCUT2D eigenvalue weighted by atomic mass is 16.7. The molecule has 0 bridgehead atoms. The summed E-state index contributed by atoms with van der Waals surface area (Å²) in [6, 6.07) is 24.7. The first kappa shape index (κ1) is 27.1. The number of aromatic nitrogens is 2. The molecule has 8 nitrogen and oxygen atoms in total. The monoisotopic (exact) mass is 561 g/mol. The van der Waals surface area contributed by atoms with Gasteiger partial charge in [0.15, 0.2) is 17.3 Å². The topological polar surface area (TPSA) is 84.2 Å². The number of methoxy groups -OCH3 is 1. The highest BCUT2D eigenvalue weighted by molar-refractivity contribution is 5.82. The van der Waals surface area contributed by atoms with Crippen molar-refractivity contribution in [2.45, 2.75) is 33.3 Å². The van der Waals surface area contributed by atoms with Crippen molar-refractivity contribution in [1.29, 1.82) is 0 Å². The van der Waals surface area contributed by atoms with Crippen molar-refractivity contribution < 1.29 is 18.9 Å². The lowest BCUT2D eigenvalue weighted by atomic mass is 9.96. The van der Waals surface area contributed by atoms with Crippen molar-refractivity contribution in [3.8, 4) is 34.4 Å². The molecule has 2 heterocycles. The fourth-order valence-electron chi connectivity index (χ4n) is 4.98. The van der Waals surface area contributed by atoms with Crippen LogP contribution in [0, 0.1) is 6.92 Å². The van der Waals surface area contributed by atoms with E-state index >= 15 is 0 Å². The number of fused-ring (bicyclic) bond motifs is 2. The molecule has 0 saturated heterocycles. The van der Waals surface area contributed by atoms with Crippen LogP contribution in [0.25, 0.3) is 22.3 Å². The molecule has 1 aromatic heterocycles. The Balaban J connectivity index is 1.36. The van der Waals surface area contributed by atoms with Gasteiger partial charge in [-0.15, -0.1) is 0 Å². The SMILES string of the molecule is COc1cc(C)c(-c2nc3ccccc3c(=O)n2N=Cc2cccc(OCc3ccc4c(c3)OCO4)c2)cc1C(C)C. The maximum absolute atomic E-state index is 13.7. The quantitative estimate of drug-likeness (QED) is 0.196.